The number of amides is 3. The smallest absolute Gasteiger partial charge is 0.273 e. The van der Waals surface area contributed by atoms with Crippen LogP contribution in [0.4, 0.5) is 11.4 Å². The normalized spacial score (nSPS) is 22.8. The van der Waals surface area contributed by atoms with Crippen molar-refractivity contribution < 1.29 is 24.0 Å². The first kappa shape index (κ1) is 27.2. The van der Waals surface area contributed by atoms with Crippen LogP contribution in [0.15, 0.2) is 102 Å². The summed E-state index contributed by atoms with van der Waals surface area (Å²) in [4.78, 5) is 53.8. The third-order valence-electron chi connectivity index (χ3n) is 8.96. The van der Waals surface area contributed by atoms with Gasteiger partial charge in [-0.3, -0.25) is 24.5 Å². The number of hydrogen-bond donors (Lipinski definition) is 1. The van der Waals surface area contributed by atoms with Crippen LogP contribution in [0.2, 0.25) is 0 Å². The molecule has 0 aromatic heterocycles. The number of nitro groups is 1. The molecule has 1 N–H and O–H groups in total. The zero-order chi connectivity index (χ0) is 30.6. The molecule has 4 aliphatic rings. The molecule has 0 unspecified atom stereocenters. The summed E-state index contributed by atoms with van der Waals surface area (Å²) in [5.41, 5.74) is 5.70. The maximum Gasteiger partial charge on any atom is 0.273 e. The number of imide groups is 1. The molecule has 10 nitrogen and oxygen atoms in total. The average Bonchev–Trinajstić information content (AvgIpc) is 3.31. The van der Waals surface area contributed by atoms with E-state index >= 15 is 0 Å². The molecule has 0 saturated carbocycles. The Hall–Kier alpha value is -5.64. The molecule has 3 aliphatic carbocycles. The second kappa shape index (κ2) is 10.3. The van der Waals surface area contributed by atoms with Crippen molar-refractivity contribution in [2.45, 2.75) is 17.8 Å². The molecular formula is C34H26N4O6. The number of nitrogens with one attached hydrogen (secondary N) is 1. The van der Waals surface area contributed by atoms with Gasteiger partial charge in [-0.25, -0.2) is 10.3 Å². The van der Waals surface area contributed by atoms with Gasteiger partial charge in [0, 0.05) is 18.2 Å². The minimum atomic E-state index is -1.18. The lowest BCUT2D eigenvalue weighted by Crippen LogP contribution is -2.54. The molecule has 0 spiro atoms. The number of carbonyl (C=O) groups excluding carboxylic acids is 3. The Morgan fingerprint density at radius 3 is 2.23 bits per heavy atom. The predicted octanol–water partition coefficient (Wildman–Crippen LogP) is 4.50. The molecule has 1 fully saturated rings. The summed E-state index contributed by atoms with van der Waals surface area (Å²) in [6, 6.07) is 28.5. The van der Waals surface area contributed by atoms with Crippen molar-refractivity contribution in [2.24, 2.45) is 16.9 Å². The van der Waals surface area contributed by atoms with Crippen molar-refractivity contribution in [1.82, 2.24) is 5.43 Å². The first-order chi connectivity index (χ1) is 21.4. The van der Waals surface area contributed by atoms with Gasteiger partial charge in [0.1, 0.15) is 5.75 Å². The van der Waals surface area contributed by atoms with Gasteiger partial charge in [-0.05, 0) is 33.9 Å². The van der Waals surface area contributed by atoms with Crippen molar-refractivity contribution in [3.05, 3.63) is 135 Å². The van der Waals surface area contributed by atoms with E-state index in [1.165, 1.54) is 25.3 Å². The summed E-state index contributed by atoms with van der Waals surface area (Å²) in [6.45, 7) is 0. The lowest BCUT2D eigenvalue weighted by Gasteiger charge is -2.52. The highest BCUT2D eigenvalue weighted by Gasteiger charge is 2.68. The topological polar surface area (TPSA) is 131 Å². The van der Waals surface area contributed by atoms with Gasteiger partial charge in [0.15, 0.2) is 0 Å². The largest absolute Gasteiger partial charge is 0.494 e. The zero-order valence-corrected chi connectivity index (χ0v) is 23.5. The van der Waals surface area contributed by atoms with E-state index in [1.54, 1.807) is 6.21 Å². The van der Waals surface area contributed by atoms with Gasteiger partial charge in [0.25, 0.3) is 5.69 Å². The van der Waals surface area contributed by atoms with Gasteiger partial charge < -0.3 is 4.74 Å². The van der Waals surface area contributed by atoms with E-state index in [-0.39, 0.29) is 29.5 Å². The average molecular weight is 587 g/mol. The summed E-state index contributed by atoms with van der Waals surface area (Å²) in [5, 5.41) is 15.9. The van der Waals surface area contributed by atoms with Crippen molar-refractivity contribution >= 4 is 35.3 Å². The van der Waals surface area contributed by atoms with Crippen LogP contribution in [0.25, 0.3) is 0 Å². The summed E-state index contributed by atoms with van der Waals surface area (Å²) in [5.74, 6) is -3.25. The third kappa shape index (κ3) is 3.87. The Morgan fingerprint density at radius 1 is 0.955 bits per heavy atom. The van der Waals surface area contributed by atoms with Gasteiger partial charge in [0.2, 0.25) is 17.7 Å². The molecule has 1 saturated heterocycles. The van der Waals surface area contributed by atoms with E-state index in [9.17, 15) is 24.5 Å². The molecule has 2 atom stereocenters. The van der Waals surface area contributed by atoms with Crippen molar-refractivity contribution in [3.63, 3.8) is 0 Å². The number of hydrazone groups is 1. The van der Waals surface area contributed by atoms with Crippen LogP contribution in [0, 0.1) is 22.0 Å². The van der Waals surface area contributed by atoms with Gasteiger partial charge >= 0.3 is 0 Å². The fraction of sp³-hybridized carbons (Fsp3) is 0.176. The van der Waals surface area contributed by atoms with Crippen LogP contribution in [0.1, 0.15) is 33.7 Å². The molecule has 8 rings (SSSR count). The SMILES string of the molecule is COc1cc([N+](=O)[O-])ccc1N1C(=O)[C@H]2C3c4ccccc4C(/C=N\NC(=O)Cc4ccccc4)(c4ccccc43)[C@H]2C1=O. The number of methoxy groups -OCH3 is 1. The van der Waals surface area contributed by atoms with Crippen molar-refractivity contribution in [2.75, 3.05) is 12.0 Å². The number of rotatable bonds is 7. The molecule has 10 heteroatoms. The molecule has 1 heterocycles. The minimum Gasteiger partial charge on any atom is -0.494 e. The molecule has 4 aromatic carbocycles. The van der Waals surface area contributed by atoms with E-state index in [4.69, 9.17) is 4.74 Å². The van der Waals surface area contributed by atoms with E-state index in [0.717, 1.165) is 32.7 Å². The number of carbonyl (C=O) groups is 3. The van der Waals surface area contributed by atoms with Crippen LogP contribution in [-0.4, -0.2) is 36.0 Å². The number of hydrogen-bond acceptors (Lipinski definition) is 7. The highest BCUT2D eigenvalue weighted by molar-refractivity contribution is 6.25. The summed E-state index contributed by atoms with van der Waals surface area (Å²) in [7, 11) is 1.34. The van der Waals surface area contributed by atoms with E-state index in [2.05, 4.69) is 10.5 Å². The summed E-state index contributed by atoms with van der Waals surface area (Å²) >= 11 is 0. The van der Waals surface area contributed by atoms with Gasteiger partial charge in [0.05, 0.1) is 47.5 Å². The Bertz CT molecular complexity index is 1840. The maximum atomic E-state index is 14.6. The highest BCUT2D eigenvalue weighted by atomic mass is 16.6. The van der Waals surface area contributed by atoms with Crippen molar-refractivity contribution in [3.8, 4) is 5.75 Å². The van der Waals surface area contributed by atoms with Crippen LogP contribution < -0.4 is 15.1 Å². The molecule has 3 amide bonds. The Labute approximate surface area is 252 Å². The number of anilines is 1. The van der Waals surface area contributed by atoms with Crippen molar-refractivity contribution in [1.29, 1.82) is 0 Å². The second-order valence-corrected chi connectivity index (χ2v) is 11.1. The molecular weight excluding hydrogens is 560 g/mol. The third-order valence-corrected chi connectivity index (χ3v) is 8.96. The number of benzene rings is 4. The number of nitro benzene ring substituents is 1. The zero-order valence-electron chi connectivity index (χ0n) is 23.5. The standard InChI is InChI=1S/C34H26N4O6/c1-44-27-18-21(38(42)43)15-16-26(27)37-32(40)30-29-22-11-5-7-13-24(22)34(31(30)33(37)41,25-14-8-6-12-23(25)29)19-35-36-28(39)17-20-9-3-2-4-10-20/h2-16,18-19,29-31H,17H2,1H3,(H,36,39)/b35-19-/t29?,30-,31+,34?/m0/s1. The first-order valence-electron chi connectivity index (χ1n) is 14.1. The molecule has 0 radical (unpaired) electrons. The van der Waals surface area contributed by atoms with Crippen LogP contribution in [0.5, 0.6) is 5.75 Å². The first-order valence-corrected chi connectivity index (χ1v) is 14.1. The monoisotopic (exact) mass is 586 g/mol. The highest BCUT2D eigenvalue weighted by Crippen LogP contribution is 2.64. The van der Waals surface area contributed by atoms with E-state index < -0.39 is 39.9 Å². The predicted molar refractivity (Wildman–Crippen MR) is 161 cm³/mol. The molecule has 4 aromatic rings. The van der Waals surface area contributed by atoms with E-state index in [0.29, 0.717) is 0 Å². The Balaban J connectivity index is 1.36. The van der Waals surface area contributed by atoms with Gasteiger partial charge in [-0.15, -0.1) is 0 Å². The van der Waals surface area contributed by atoms with Crippen LogP contribution >= 0.6 is 0 Å². The molecule has 2 bridgehead atoms. The Morgan fingerprint density at radius 2 is 1.59 bits per heavy atom. The molecule has 1 aliphatic heterocycles. The van der Waals surface area contributed by atoms with Gasteiger partial charge in [-0.2, -0.15) is 5.10 Å². The lowest BCUT2D eigenvalue weighted by molar-refractivity contribution is -0.384. The Kier molecular flexibility index (Phi) is 6.35. The van der Waals surface area contributed by atoms with Crippen LogP contribution in [-0.2, 0) is 26.2 Å². The fourth-order valence-electron chi connectivity index (χ4n) is 7.28. The summed E-state index contributed by atoms with van der Waals surface area (Å²) in [6.07, 6.45) is 1.72. The second-order valence-electron chi connectivity index (χ2n) is 11.1. The number of non-ortho nitro benzene ring substituents is 1. The van der Waals surface area contributed by atoms with E-state index in [1.807, 2.05) is 78.9 Å². The molecule has 218 valence electrons. The fourth-order valence-corrected chi connectivity index (χ4v) is 7.28. The van der Waals surface area contributed by atoms with Crippen LogP contribution in [0.3, 0.4) is 0 Å². The number of nitrogens with zero attached hydrogens (tertiary/aromatic N) is 3. The lowest BCUT2D eigenvalue weighted by atomic mass is 9.47. The van der Waals surface area contributed by atoms with Gasteiger partial charge in [-0.1, -0.05) is 78.9 Å². The quantitative estimate of drug-likeness (QED) is 0.147. The summed E-state index contributed by atoms with van der Waals surface area (Å²) < 4.78 is 5.43. The maximum absolute atomic E-state index is 14.6. The molecule has 44 heavy (non-hydrogen) atoms. The minimum absolute atomic E-state index is 0.0396. The number of ether oxygens (including phenoxy) is 1.